The number of rotatable bonds is 3. The van der Waals surface area contributed by atoms with E-state index in [1.807, 2.05) is 24.4 Å². The molecule has 1 saturated heterocycles. The highest BCUT2D eigenvalue weighted by molar-refractivity contribution is 5.80. The van der Waals surface area contributed by atoms with Crippen molar-refractivity contribution in [2.75, 3.05) is 13.2 Å². The summed E-state index contributed by atoms with van der Waals surface area (Å²) in [5, 5.41) is 10.3. The van der Waals surface area contributed by atoms with Gasteiger partial charge in [-0.15, -0.1) is 0 Å². The zero-order valence-electron chi connectivity index (χ0n) is 12.3. The highest BCUT2D eigenvalue weighted by Gasteiger charge is 2.43. The van der Waals surface area contributed by atoms with E-state index in [2.05, 4.69) is 27.6 Å². The number of carbonyl (C=O) groups excluding carboxylic acids is 1. The Morgan fingerprint density at radius 1 is 1.32 bits per heavy atom. The summed E-state index contributed by atoms with van der Waals surface area (Å²) in [5.74, 6) is 0.144. The summed E-state index contributed by atoms with van der Waals surface area (Å²) in [5.41, 5.74) is 3.11. The maximum Gasteiger partial charge on any atom is 0.224 e. The van der Waals surface area contributed by atoms with Gasteiger partial charge in [-0.2, -0.15) is 5.10 Å². The molecule has 4 rings (SSSR count). The molecule has 0 spiro atoms. The number of H-pyrrole nitrogens is 1. The fourth-order valence-electron chi connectivity index (χ4n) is 3.35. The molecule has 2 N–H and O–H groups in total. The second-order valence-electron chi connectivity index (χ2n) is 6.24. The van der Waals surface area contributed by atoms with Crippen LogP contribution >= 0.6 is 0 Å². The van der Waals surface area contributed by atoms with E-state index in [1.54, 1.807) is 0 Å². The van der Waals surface area contributed by atoms with Crippen LogP contribution in [0, 0.1) is 5.92 Å². The summed E-state index contributed by atoms with van der Waals surface area (Å²) in [6, 6.07) is 10.1. The predicted octanol–water partition coefficient (Wildman–Crippen LogP) is 1.56. The number of fused-ring (bicyclic) bond motifs is 1. The summed E-state index contributed by atoms with van der Waals surface area (Å²) >= 11 is 0. The first kappa shape index (κ1) is 13.5. The molecule has 0 saturated carbocycles. The van der Waals surface area contributed by atoms with Gasteiger partial charge < -0.3 is 10.1 Å². The van der Waals surface area contributed by atoms with Crippen molar-refractivity contribution in [2.45, 2.75) is 24.8 Å². The molecule has 1 aliphatic heterocycles. The van der Waals surface area contributed by atoms with E-state index in [9.17, 15) is 4.79 Å². The number of hydrogen-bond acceptors (Lipinski definition) is 3. The molecule has 2 aliphatic rings. The quantitative estimate of drug-likeness (QED) is 0.903. The Hall–Kier alpha value is -2.14. The van der Waals surface area contributed by atoms with E-state index >= 15 is 0 Å². The lowest BCUT2D eigenvalue weighted by atomic mass is 9.84. The van der Waals surface area contributed by atoms with Crippen LogP contribution in [0.3, 0.4) is 0 Å². The van der Waals surface area contributed by atoms with E-state index < -0.39 is 0 Å². The van der Waals surface area contributed by atoms with Gasteiger partial charge in [-0.25, -0.2) is 0 Å². The number of nitrogens with one attached hydrogen (secondary N) is 2. The molecule has 1 aromatic carbocycles. The molecule has 1 amide bonds. The summed E-state index contributed by atoms with van der Waals surface area (Å²) in [4.78, 5) is 12.7. The van der Waals surface area contributed by atoms with Crippen molar-refractivity contribution in [2.24, 2.45) is 5.92 Å². The van der Waals surface area contributed by atoms with Gasteiger partial charge in [0.25, 0.3) is 0 Å². The molecular formula is C17H19N3O2. The minimum Gasteiger partial charge on any atom is -0.376 e. The summed E-state index contributed by atoms with van der Waals surface area (Å²) in [6.07, 6.45) is 4.37. The fourth-order valence-corrected chi connectivity index (χ4v) is 3.35. The molecule has 22 heavy (non-hydrogen) atoms. The maximum absolute atomic E-state index is 12.7. The number of aromatic nitrogens is 2. The number of carbonyl (C=O) groups is 1. The largest absolute Gasteiger partial charge is 0.376 e. The van der Waals surface area contributed by atoms with Crippen LogP contribution in [-0.4, -0.2) is 29.3 Å². The minimum atomic E-state index is -0.352. The Balaban J connectivity index is 1.50. The lowest BCUT2D eigenvalue weighted by molar-refractivity contribution is -0.138. The Kier molecular flexibility index (Phi) is 3.22. The Bertz CT molecular complexity index is 676. The molecule has 1 aromatic heterocycles. The van der Waals surface area contributed by atoms with E-state index in [0.29, 0.717) is 13.2 Å². The average molecular weight is 297 g/mol. The van der Waals surface area contributed by atoms with Gasteiger partial charge in [-0.3, -0.25) is 9.89 Å². The van der Waals surface area contributed by atoms with Crippen LogP contribution in [0.15, 0.2) is 36.5 Å². The van der Waals surface area contributed by atoms with Crippen LogP contribution in [-0.2, 0) is 27.9 Å². The maximum atomic E-state index is 12.7. The van der Waals surface area contributed by atoms with E-state index in [1.165, 1.54) is 11.3 Å². The number of benzene rings is 1. The normalized spacial score (nSPS) is 22.5. The Morgan fingerprint density at radius 3 is 2.86 bits per heavy atom. The van der Waals surface area contributed by atoms with Crippen molar-refractivity contribution in [3.63, 3.8) is 0 Å². The smallest absolute Gasteiger partial charge is 0.224 e. The average Bonchev–Trinajstić information content (AvgIpc) is 2.99. The SMILES string of the molecule is O=C(NC1(c2ccccc2)COC1)[C@H]1CCc2[nH]ncc2C1. The van der Waals surface area contributed by atoms with Crippen LogP contribution in [0.25, 0.3) is 0 Å². The molecular weight excluding hydrogens is 278 g/mol. The summed E-state index contributed by atoms with van der Waals surface area (Å²) < 4.78 is 5.40. The Morgan fingerprint density at radius 2 is 2.14 bits per heavy atom. The Labute approximate surface area is 129 Å². The van der Waals surface area contributed by atoms with Gasteiger partial charge in [0.1, 0.15) is 5.54 Å². The van der Waals surface area contributed by atoms with E-state index in [-0.39, 0.29) is 17.4 Å². The van der Waals surface area contributed by atoms with E-state index in [4.69, 9.17) is 4.74 Å². The zero-order valence-corrected chi connectivity index (χ0v) is 12.3. The topological polar surface area (TPSA) is 67.0 Å². The third-order valence-corrected chi connectivity index (χ3v) is 4.77. The molecule has 2 heterocycles. The van der Waals surface area contributed by atoms with Gasteiger partial charge in [0.2, 0.25) is 5.91 Å². The first-order valence-corrected chi connectivity index (χ1v) is 7.73. The monoisotopic (exact) mass is 297 g/mol. The van der Waals surface area contributed by atoms with Crippen molar-refractivity contribution in [3.05, 3.63) is 53.3 Å². The summed E-state index contributed by atoms with van der Waals surface area (Å²) in [7, 11) is 0. The lowest BCUT2D eigenvalue weighted by Gasteiger charge is -2.43. The molecule has 2 aromatic rings. The van der Waals surface area contributed by atoms with Gasteiger partial charge in [-0.1, -0.05) is 30.3 Å². The van der Waals surface area contributed by atoms with Gasteiger partial charge in [0.05, 0.1) is 19.4 Å². The molecule has 1 atom stereocenters. The van der Waals surface area contributed by atoms with Crippen molar-refractivity contribution < 1.29 is 9.53 Å². The highest BCUT2D eigenvalue weighted by atomic mass is 16.5. The predicted molar refractivity (Wildman–Crippen MR) is 81.2 cm³/mol. The lowest BCUT2D eigenvalue weighted by Crippen LogP contribution is -2.60. The number of aromatic amines is 1. The third kappa shape index (κ3) is 2.22. The van der Waals surface area contributed by atoms with Crippen molar-refractivity contribution in [1.82, 2.24) is 15.5 Å². The van der Waals surface area contributed by atoms with Crippen LogP contribution < -0.4 is 5.32 Å². The van der Waals surface area contributed by atoms with Crippen molar-refractivity contribution in [3.8, 4) is 0 Å². The molecule has 0 unspecified atom stereocenters. The number of aryl methyl sites for hydroxylation is 1. The number of ether oxygens (including phenoxy) is 1. The minimum absolute atomic E-state index is 0.0197. The van der Waals surface area contributed by atoms with Crippen LogP contribution in [0.1, 0.15) is 23.2 Å². The highest BCUT2D eigenvalue weighted by Crippen LogP contribution is 2.31. The van der Waals surface area contributed by atoms with Crippen LogP contribution in [0.5, 0.6) is 0 Å². The van der Waals surface area contributed by atoms with Crippen LogP contribution in [0.2, 0.25) is 0 Å². The van der Waals surface area contributed by atoms with Gasteiger partial charge in [0, 0.05) is 11.6 Å². The molecule has 0 radical (unpaired) electrons. The summed E-state index contributed by atoms with van der Waals surface area (Å²) in [6.45, 7) is 1.10. The molecule has 5 nitrogen and oxygen atoms in total. The first-order chi connectivity index (χ1) is 10.8. The number of amides is 1. The first-order valence-electron chi connectivity index (χ1n) is 7.73. The van der Waals surface area contributed by atoms with Crippen molar-refractivity contribution >= 4 is 5.91 Å². The number of hydrogen-bond donors (Lipinski definition) is 2. The van der Waals surface area contributed by atoms with Gasteiger partial charge in [0.15, 0.2) is 0 Å². The molecule has 1 fully saturated rings. The van der Waals surface area contributed by atoms with Crippen LogP contribution in [0.4, 0.5) is 0 Å². The number of nitrogens with zero attached hydrogens (tertiary/aromatic N) is 1. The van der Waals surface area contributed by atoms with Crippen molar-refractivity contribution in [1.29, 1.82) is 0 Å². The fraction of sp³-hybridized carbons (Fsp3) is 0.412. The zero-order chi connectivity index (χ0) is 15.0. The van der Waals surface area contributed by atoms with Gasteiger partial charge in [-0.05, 0) is 30.4 Å². The molecule has 114 valence electrons. The third-order valence-electron chi connectivity index (χ3n) is 4.77. The second kappa shape index (κ2) is 5.25. The molecule has 5 heteroatoms. The molecule has 1 aliphatic carbocycles. The van der Waals surface area contributed by atoms with Gasteiger partial charge >= 0.3 is 0 Å². The second-order valence-corrected chi connectivity index (χ2v) is 6.24. The molecule has 0 bridgehead atoms. The standard InChI is InChI=1S/C17H19N3O2/c21-16(12-6-7-15-13(8-12)9-18-20-15)19-17(10-22-11-17)14-4-2-1-3-5-14/h1-5,9,12H,6-8,10-11H2,(H,18,20)(H,19,21)/t12-/m0/s1. The van der Waals surface area contributed by atoms with E-state index in [0.717, 1.165) is 24.8 Å².